The van der Waals surface area contributed by atoms with Gasteiger partial charge < -0.3 is 20.0 Å². The Hall–Kier alpha value is -1.27. The highest BCUT2D eigenvalue weighted by Crippen LogP contribution is 2.15. The number of guanidine groups is 1. The second-order valence-electron chi connectivity index (χ2n) is 5.53. The number of hydrogen-bond donors (Lipinski definition) is 1. The zero-order chi connectivity index (χ0) is 18.3. The largest absolute Gasteiger partial charge is 0.406 e. The van der Waals surface area contributed by atoms with E-state index < -0.39 is 18.6 Å². The average Bonchev–Trinajstić information content (AvgIpc) is 2.49. The van der Waals surface area contributed by atoms with Gasteiger partial charge in [-0.1, -0.05) is 0 Å². The van der Waals surface area contributed by atoms with Crippen LogP contribution < -0.4 is 5.32 Å². The molecule has 0 aromatic carbocycles. The van der Waals surface area contributed by atoms with E-state index in [0.29, 0.717) is 43.6 Å². The van der Waals surface area contributed by atoms with Crippen LogP contribution in [0.5, 0.6) is 0 Å². The van der Waals surface area contributed by atoms with E-state index in [1.165, 1.54) is 6.92 Å². The predicted octanol–water partition coefficient (Wildman–Crippen LogP) is 0.755. The molecule has 1 rings (SSSR count). The monoisotopic (exact) mass is 479 g/mol. The van der Waals surface area contributed by atoms with Crippen molar-refractivity contribution in [3.05, 3.63) is 0 Å². The molecule has 0 aliphatic carbocycles. The summed E-state index contributed by atoms with van der Waals surface area (Å²) in [6.45, 7) is 4.47. The van der Waals surface area contributed by atoms with Crippen LogP contribution in [0.3, 0.4) is 0 Å². The van der Waals surface area contributed by atoms with Gasteiger partial charge in [0.2, 0.25) is 11.8 Å². The first-order valence-corrected chi connectivity index (χ1v) is 7.73. The minimum atomic E-state index is -4.43. The molecule has 146 valence electrons. The van der Waals surface area contributed by atoms with Gasteiger partial charge in [0.05, 0.1) is 0 Å². The smallest absolute Gasteiger partial charge is 0.357 e. The van der Waals surface area contributed by atoms with Crippen LogP contribution >= 0.6 is 24.0 Å². The number of carbonyl (C=O) groups is 2. The van der Waals surface area contributed by atoms with Crippen molar-refractivity contribution in [2.75, 3.05) is 52.9 Å². The fraction of sp³-hybridized carbons (Fsp3) is 0.786. The molecule has 7 nitrogen and oxygen atoms in total. The maximum Gasteiger partial charge on any atom is 0.406 e. The lowest BCUT2D eigenvalue weighted by atomic mass is 10.3. The van der Waals surface area contributed by atoms with Crippen molar-refractivity contribution < 1.29 is 22.8 Å². The van der Waals surface area contributed by atoms with Gasteiger partial charge >= 0.3 is 6.18 Å². The van der Waals surface area contributed by atoms with E-state index in [1.54, 1.807) is 4.90 Å². The van der Waals surface area contributed by atoms with E-state index in [1.807, 2.05) is 11.8 Å². The standard InChI is InChI=1S/C14H24F3N5O2.HI/c1-4-18-13(22-7-5-21(6-8-22)11(2)23)19-9-12(24)20(3)10-14(15,16)17;/h4-10H2,1-3H3,(H,18,19);1H. The van der Waals surface area contributed by atoms with Crippen molar-refractivity contribution in [3.8, 4) is 0 Å². The first-order valence-electron chi connectivity index (χ1n) is 7.73. The molecule has 0 atom stereocenters. The molecule has 2 amide bonds. The molecule has 1 fully saturated rings. The van der Waals surface area contributed by atoms with Crippen molar-refractivity contribution in [1.82, 2.24) is 20.0 Å². The molecule has 0 aromatic rings. The second kappa shape index (κ2) is 10.7. The van der Waals surface area contributed by atoms with Gasteiger partial charge in [0, 0.05) is 46.7 Å². The summed E-state index contributed by atoms with van der Waals surface area (Å²) < 4.78 is 36.9. The van der Waals surface area contributed by atoms with E-state index in [-0.39, 0.29) is 36.4 Å². The highest BCUT2D eigenvalue weighted by Gasteiger charge is 2.31. The molecule has 1 N–H and O–H groups in total. The molecule has 0 bridgehead atoms. The maximum atomic E-state index is 12.3. The maximum absolute atomic E-state index is 12.3. The van der Waals surface area contributed by atoms with Crippen LogP contribution in [-0.4, -0.2) is 91.5 Å². The Morgan fingerprint density at radius 2 is 1.68 bits per heavy atom. The Morgan fingerprint density at radius 3 is 2.12 bits per heavy atom. The van der Waals surface area contributed by atoms with Crippen LogP contribution in [-0.2, 0) is 9.59 Å². The van der Waals surface area contributed by atoms with Gasteiger partial charge in [-0.05, 0) is 6.92 Å². The summed E-state index contributed by atoms with van der Waals surface area (Å²) in [6.07, 6.45) is -4.43. The molecule has 25 heavy (non-hydrogen) atoms. The fourth-order valence-corrected chi connectivity index (χ4v) is 2.28. The predicted molar refractivity (Wildman–Crippen MR) is 98.9 cm³/mol. The summed E-state index contributed by atoms with van der Waals surface area (Å²) in [5, 5.41) is 3.02. The van der Waals surface area contributed by atoms with Gasteiger partial charge in [-0.25, -0.2) is 4.99 Å². The Bertz CT molecular complexity index is 480. The normalized spacial score (nSPS) is 15.5. The van der Waals surface area contributed by atoms with Gasteiger partial charge in [0.15, 0.2) is 5.96 Å². The zero-order valence-corrected chi connectivity index (χ0v) is 16.9. The molecule has 1 heterocycles. The van der Waals surface area contributed by atoms with Crippen LogP contribution in [0.4, 0.5) is 13.2 Å². The summed E-state index contributed by atoms with van der Waals surface area (Å²) in [6, 6.07) is 0. The Labute approximate surface area is 162 Å². The average molecular weight is 479 g/mol. The van der Waals surface area contributed by atoms with Gasteiger partial charge in [0.25, 0.3) is 0 Å². The third-order valence-corrected chi connectivity index (χ3v) is 3.57. The Balaban J connectivity index is 0.00000576. The quantitative estimate of drug-likeness (QED) is 0.368. The van der Waals surface area contributed by atoms with E-state index in [0.717, 1.165) is 7.05 Å². The lowest BCUT2D eigenvalue weighted by molar-refractivity contribution is -0.157. The Kier molecular flexibility index (Phi) is 10.1. The van der Waals surface area contributed by atoms with Crippen molar-refractivity contribution >= 4 is 41.8 Å². The second-order valence-corrected chi connectivity index (χ2v) is 5.53. The van der Waals surface area contributed by atoms with Crippen molar-refractivity contribution in [2.45, 2.75) is 20.0 Å². The van der Waals surface area contributed by atoms with Gasteiger partial charge in [-0.3, -0.25) is 9.59 Å². The molecule has 11 heteroatoms. The minimum Gasteiger partial charge on any atom is -0.357 e. The molecule has 1 aliphatic heterocycles. The van der Waals surface area contributed by atoms with Crippen molar-refractivity contribution in [1.29, 1.82) is 0 Å². The molecule has 0 aromatic heterocycles. The summed E-state index contributed by atoms with van der Waals surface area (Å²) in [4.78, 5) is 31.4. The number of alkyl halides is 3. The number of rotatable bonds is 4. The summed E-state index contributed by atoms with van der Waals surface area (Å²) >= 11 is 0. The molecular weight excluding hydrogens is 454 g/mol. The topological polar surface area (TPSA) is 68.2 Å². The number of amides is 2. The fourth-order valence-electron chi connectivity index (χ4n) is 2.28. The molecule has 0 saturated carbocycles. The number of piperazine rings is 1. The number of hydrogen-bond acceptors (Lipinski definition) is 3. The minimum absolute atomic E-state index is 0. The highest BCUT2D eigenvalue weighted by atomic mass is 127. The highest BCUT2D eigenvalue weighted by molar-refractivity contribution is 14.0. The van der Waals surface area contributed by atoms with Crippen molar-refractivity contribution in [3.63, 3.8) is 0 Å². The van der Waals surface area contributed by atoms with Crippen LogP contribution in [0.1, 0.15) is 13.8 Å². The summed E-state index contributed by atoms with van der Waals surface area (Å²) in [5.74, 6) is -0.236. The van der Waals surface area contributed by atoms with Crippen LogP contribution in [0.2, 0.25) is 0 Å². The molecule has 1 aliphatic rings. The molecule has 0 radical (unpaired) electrons. The van der Waals surface area contributed by atoms with Crippen LogP contribution in [0.15, 0.2) is 4.99 Å². The first kappa shape index (κ1) is 23.7. The molecular formula is C14H25F3IN5O2. The third-order valence-electron chi connectivity index (χ3n) is 3.57. The summed E-state index contributed by atoms with van der Waals surface area (Å²) in [7, 11) is 1.10. The number of likely N-dealkylation sites (N-methyl/N-ethyl adjacent to an activating group) is 1. The number of nitrogens with zero attached hydrogens (tertiary/aromatic N) is 4. The lowest BCUT2D eigenvalue weighted by Gasteiger charge is -2.36. The SMILES string of the molecule is CCNC(=NCC(=O)N(C)CC(F)(F)F)N1CCN(C(C)=O)CC1.I. The van der Waals surface area contributed by atoms with E-state index in [9.17, 15) is 22.8 Å². The lowest BCUT2D eigenvalue weighted by Crippen LogP contribution is -2.53. The molecule has 0 unspecified atom stereocenters. The number of carbonyl (C=O) groups excluding carboxylic acids is 2. The van der Waals surface area contributed by atoms with Gasteiger partial charge in [-0.2, -0.15) is 13.2 Å². The Morgan fingerprint density at radius 1 is 1.16 bits per heavy atom. The van der Waals surface area contributed by atoms with Crippen LogP contribution in [0.25, 0.3) is 0 Å². The van der Waals surface area contributed by atoms with Crippen LogP contribution in [0, 0.1) is 0 Å². The number of nitrogens with one attached hydrogen (secondary N) is 1. The van der Waals surface area contributed by atoms with Crippen molar-refractivity contribution in [2.24, 2.45) is 4.99 Å². The zero-order valence-electron chi connectivity index (χ0n) is 14.6. The van der Waals surface area contributed by atoms with E-state index in [2.05, 4.69) is 10.3 Å². The summed E-state index contributed by atoms with van der Waals surface area (Å²) in [5.41, 5.74) is 0. The molecule has 0 spiro atoms. The first-order chi connectivity index (χ1) is 11.1. The van der Waals surface area contributed by atoms with E-state index >= 15 is 0 Å². The number of halogens is 4. The van der Waals surface area contributed by atoms with Gasteiger partial charge in [0.1, 0.15) is 13.1 Å². The molecule has 1 saturated heterocycles. The third kappa shape index (κ3) is 8.59. The number of aliphatic imine (C=N–C) groups is 1. The van der Waals surface area contributed by atoms with E-state index in [4.69, 9.17) is 0 Å². The van der Waals surface area contributed by atoms with Gasteiger partial charge in [-0.15, -0.1) is 24.0 Å².